The fourth-order valence-corrected chi connectivity index (χ4v) is 6.63. The predicted molar refractivity (Wildman–Crippen MR) is 135 cm³/mol. The van der Waals surface area contributed by atoms with E-state index in [1.807, 2.05) is 34.4 Å². The van der Waals surface area contributed by atoms with Crippen molar-refractivity contribution < 1.29 is 9.47 Å². The second kappa shape index (κ2) is 13.1. The Morgan fingerprint density at radius 1 is 0.677 bits per heavy atom. The maximum atomic E-state index is 6.09. The molecule has 2 saturated heterocycles. The van der Waals surface area contributed by atoms with Crippen LogP contribution in [0.4, 0.5) is 0 Å². The third-order valence-corrected chi connectivity index (χ3v) is 8.70. The molecule has 2 aliphatic heterocycles. The van der Waals surface area contributed by atoms with Crippen molar-refractivity contribution >= 4 is 34.4 Å². The van der Waals surface area contributed by atoms with Gasteiger partial charge in [-0.05, 0) is 74.8 Å². The van der Waals surface area contributed by atoms with Crippen LogP contribution < -0.4 is 9.47 Å². The molecule has 31 heavy (non-hydrogen) atoms. The molecule has 4 nitrogen and oxygen atoms in total. The minimum atomic E-state index is 0.771. The van der Waals surface area contributed by atoms with E-state index >= 15 is 0 Å². The number of hydrogen-bond acceptors (Lipinski definition) is 7. The molecule has 2 fully saturated rings. The standard InChI is InChI=1S/C24H36N2O2S3/c1-3-9-25(10-4-1)19-23-21(7-15-30-23)27-13-17-29-18-14-28-22-8-16-31-24(22)20-26-11-5-2-6-12-26/h7-8,15-16H,1-6,9-14,17-20H2. The molecule has 0 N–H and O–H groups in total. The van der Waals surface area contributed by atoms with Crippen LogP contribution in [0, 0.1) is 0 Å². The summed E-state index contributed by atoms with van der Waals surface area (Å²) in [6.45, 7) is 8.57. The highest BCUT2D eigenvalue weighted by molar-refractivity contribution is 7.99. The van der Waals surface area contributed by atoms with Crippen LogP contribution in [0.25, 0.3) is 0 Å². The summed E-state index contributed by atoms with van der Waals surface area (Å²) in [6.07, 6.45) is 8.13. The van der Waals surface area contributed by atoms with E-state index in [2.05, 4.69) is 32.7 Å². The van der Waals surface area contributed by atoms with Gasteiger partial charge in [-0.2, -0.15) is 11.8 Å². The van der Waals surface area contributed by atoms with Crippen LogP contribution in [0.2, 0.25) is 0 Å². The van der Waals surface area contributed by atoms with Gasteiger partial charge >= 0.3 is 0 Å². The van der Waals surface area contributed by atoms with Crippen LogP contribution >= 0.6 is 34.4 Å². The van der Waals surface area contributed by atoms with Crippen molar-refractivity contribution in [1.82, 2.24) is 9.80 Å². The van der Waals surface area contributed by atoms with Gasteiger partial charge in [-0.3, -0.25) is 9.80 Å². The first-order chi connectivity index (χ1) is 15.4. The van der Waals surface area contributed by atoms with Crippen LogP contribution in [0.15, 0.2) is 22.9 Å². The molecule has 0 bridgehead atoms. The van der Waals surface area contributed by atoms with Crippen molar-refractivity contribution in [2.45, 2.75) is 51.6 Å². The van der Waals surface area contributed by atoms with Crippen molar-refractivity contribution in [2.24, 2.45) is 0 Å². The van der Waals surface area contributed by atoms with Gasteiger partial charge in [-0.15, -0.1) is 22.7 Å². The number of thioether (sulfide) groups is 1. The Bertz CT molecular complexity index is 689. The Kier molecular flexibility index (Phi) is 9.89. The molecule has 2 aromatic heterocycles. The smallest absolute Gasteiger partial charge is 0.134 e. The molecule has 2 aromatic rings. The first-order valence-corrected chi connectivity index (χ1v) is 14.7. The largest absolute Gasteiger partial charge is 0.492 e. The van der Waals surface area contributed by atoms with E-state index in [1.54, 1.807) is 0 Å². The molecule has 2 aliphatic rings. The highest BCUT2D eigenvalue weighted by Gasteiger charge is 2.15. The lowest BCUT2D eigenvalue weighted by molar-refractivity contribution is 0.219. The molecule has 172 valence electrons. The lowest BCUT2D eigenvalue weighted by Crippen LogP contribution is -2.28. The minimum absolute atomic E-state index is 0.771. The summed E-state index contributed by atoms with van der Waals surface area (Å²) >= 11 is 5.58. The van der Waals surface area contributed by atoms with Gasteiger partial charge in [-0.1, -0.05) is 12.8 Å². The van der Waals surface area contributed by atoms with Gasteiger partial charge in [0, 0.05) is 24.6 Å². The lowest BCUT2D eigenvalue weighted by Gasteiger charge is -2.26. The van der Waals surface area contributed by atoms with Crippen molar-refractivity contribution in [3.8, 4) is 11.5 Å². The number of likely N-dealkylation sites (tertiary alicyclic amines) is 2. The minimum Gasteiger partial charge on any atom is -0.492 e. The quantitative estimate of drug-likeness (QED) is 0.348. The van der Waals surface area contributed by atoms with Gasteiger partial charge in [-0.25, -0.2) is 0 Å². The Hall–Kier alpha value is -0.730. The molecule has 0 radical (unpaired) electrons. The Balaban J connectivity index is 1.09. The van der Waals surface area contributed by atoms with Gasteiger partial charge in [0.15, 0.2) is 0 Å². The molecule has 0 aliphatic carbocycles. The molecule has 0 aromatic carbocycles. The summed E-state index contributed by atoms with van der Waals surface area (Å²) in [5.41, 5.74) is 0. The van der Waals surface area contributed by atoms with E-state index in [4.69, 9.17) is 9.47 Å². The van der Waals surface area contributed by atoms with Crippen LogP contribution in [-0.4, -0.2) is 60.7 Å². The Morgan fingerprint density at radius 2 is 1.13 bits per heavy atom. The van der Waals surface area contributed by atoms with Gasteiger partial charge in [0.1, 0.15) is 11.5 Å². The van der Waals surface area contributed by atoms with Crippen LogP contribution in [0.3, 0.4) is 0 Å². The Labute approximate surface area is 199 Å². The second-order valence-electron chi connectivity index (χ2n) is 8.40. The Morgan fingerprint density at radius 3 is 1.58 bits per heavy atom. The molecule has 4 rings (SSSR count). The molecular weight excluding hydrogens is 444 g/mol. The van der Waals surface area contributed by atoms with E-state index in [-0.39, 0.29) is 0 Å². The topological polar surface area (TPSA) is 24.9 Å². The van der Waals surface area contributed by atoms with Crippen molar-refractivity contribution in [1.29, 1.82) is 0 Å². The lowest BCUT2D eigenvalue weighted by atomic mass is 10.1. The van der Waals surface area contributed by atoms with E-state index in [0.29, 0.717) is 0 Å². The summed E-state index contributed by atoms with van der Waals surface area (Å²) < 4.78 is 12.2. The van der Waals surface area contributed by atoms with Crippen LogP contribution in [0.5, 0.6) is 11.5 Å². The summed E-state index contributed by atoms with van der Waals surface area (Å²) in [5.74, 6) is 4.19. The number of nitrogens with zero attached hydrogens (tertiary/aromatic N) is 2. The summed E-state index contributed by atoms with van der Waals surface area (Å²) in [5, 5.41) is 4.33. The molecular formula is C24H36N2O2S3. The highest BCUT2D eigenvalue weighted by Crippen LogP contribution is 2.29. The van der Waals surface area contributed by atoms with Crippen molar-refractivity contribution in [3.05, 3.63) is 32.6 Å². The average Bonchev–Trinajstić information content (AvgIpc) is 3.44. The molecule has 7 heteroatoms. The summed E-state index contributed by atoms with van der Waals surface area (Å²) in [4.78, 5) is 7.90. The SMILES string of the molecule is c1cc(OCCSCCOc2ccsc2CN2CCCCC2)c(CN2CCCCC2)s1. The fraction of sp³-hybridized carbons (Fsp3) is 0.667. The first kappa shape index (κ1) is 23.4. The monoisotopic (exact) mass is 480 g/mol. The van der Waals surface area contributed by atoms with Gasteiger partial charge in [0.25, 0.3) is 0 Å². The van der Waals surface area contributed by atoms with E-state index in [1.165, 1.54) is 74.5 Å². The third-order valence-electron chi connectivity index (χ3n) is 6.01. The van der Waals surface area contributed by atoms with Crippen LogP contribution in [-0.2, 0) is 13.1 Å². The van der Waals surface area contributed by atoms with Gasteiger partial charge < -0.3 is 9.47 Å². The molecule has 4 heterocycles. The number of thiophene rings is 2. The normalized spacial score (nSPS) is 18.3. The van der Waals surface area contributed by atoms with E-state index in [0.717, 1.165) is 49.3 Å². The van der Waals surface area contributed by atoms with Crippen molar-refractivity contribution in [3.63, 3.8) is 0 Å². The number of rotatable bonds is 12. The second-order valence-corrected chi connectivity index (χ2v) is 11.6. The molecule has 0 saturated carbocycles. The highest BCUT2D eigenvalue weighted by atomic mass is 32.2. The van der Waals surface area contributed by atoms with Gasteiger partial charge in [0.05, 0.1) is 23.0 Å². The maximum absolute atomic E-state index is 6.09. The van der Waals surface area contributed by atoms with Gasteiger partial charge in [0.2, 0.25) is 0 Å². The van der Waals surface area contributed by atoms with E-state index < -0.39 is 0 Å². The zero-order valence-electron chi connectivity index (χ0n) is 18.6. The number of hydrogen-bond donors (Lipinski definition) is 0. The average molecular weight is 481 g/mol. The molecule has 0 unspecified atom stereocenters. The van der Waals surface area contributed by atoms with Crippen LogP contribution in [0.1, 0.15) is 48.3 Å². The third kappa shape index (κ3) is 7.67. The first-order valence-electron chi connectivity index (χ1n) is 11.8. The number of piperidine rings is 2. The zero-order chi connectivity index (χ0) is 21.1. The summed E-state index contributed by atoms with van der Waals surface area (Å²) in [7, 11) is 0. The fourth-order valence-electron chi connectivity index (χ4n) is 4.31. The predicted octanol–water partition coefficient (Wildman–Crippen LogP) is 5.97. The zero-order valence-corrected chi connectivity index (χ0v) is 21.0. The maximum Gasteiger partial charge on any atom is 0.134 e. The van der Waals surface area contributed by atoms with Crippen molar-refractivity contribution in [2.75, 3.05) is 50.9 Å². The molecule has 0 atom stereocenters. The molecule has 0 spiro atoms. The number of ether oxygens (including phenoxy) is 2. The van der Waals surface area contributed by atoms with E-state index in [9.17, 15) is 0 Å². The molecule has 0 amide bonds. The summed E-state index contributed by atoms with van der Waals surface area (Å²) in [6, 6.07) is 4.27.